The highest BCUT2D eigenvalue weighted by Gasteiger charge is 2.10. The zero-order valence-electron chi connectivity index (χ0n) is 6.82. The summed E-state index contributed by atoms with van der Waals surface area (Å²) in [7, 11) is 0. The Morgan fingerprint density at radius 1 is 1.64 bits per heavy atom. The molecule has 0 aliphatic carbocycles. The van der Waals surface area contributed by atoms with Crippen LogP contribution in [0.25, 0.3) is 0 Å². The molecule has 11 heavy (non-hydrogen) atoms. The Hall–Kier alpha value is -0.410. The van der Waals surface area contributed by atoms with Gasteiger partial charge >= 0.3 is 0 Å². The lowest BCUT2D eigenvalue weighted by Crippen LogP contribution is -2.17. The number of aliphatic hydroxyl groups is 1. The Balaban J connectivity index is 2.43. The first-order valence-corrected chi connectivity index (χ1v) is 4.64. The van der Waals surface area contributed by atoms with Crippen LogP contribution in [0.15, 0.2) is 11.6 Å². The van der Waals surface area contributed by atoms with Crippen molar-refractivity contribution in [2.75, 3.05) is 0 Å². The first-order valence-electron chi connectivity index (χ1n) is 3.76. The maximum atomic E-state index is 9.46. The third kappa shape index (κ3) is 2.60. The smallest absolute Gasteiger partial charge is 0.0950 e. The van der Waals surface area contributed by atoms with Crippen LogP contribution >= 0.6 is 11.3 Å². The second-order valence-electron chi connectivity index (χ2n) is 2.94. The minimum Gasteiger partial charge on any atom is -0.392 e. The van der Waals surface area contributed by atoms with Crippen LogP contribution in [0.5, 0.6) is 0 Å². The van der Waals surface area contributed by atoms with Crippen LogP contribution in [0, 0.1) is 5.92 Å². The first kappa shape index (κ1) is 8.68. The van der Waals surface area contributed by atoms with Crippen molar-refractivity contribution in [2.45, 2.75) is 26.4 Å². The molecule has 3 heteroatoms. The van der Waals surface area contributed by atoms with E-state index in [1.165, 1.54) is 0 Å². The fourth-order valence-electron chi connectivity index (χ4n) is 0.768. The molecule has 1 aromatic heterocycles. The molecule has 2 nitrogen and oxygen atoms in total. The zero-order chi connectivity index (χ0) is 8.27. The molecule has 0 spiro atoms. The minimum absolute atomic E-state index is 0.249. The van der Waals surface area contributed by atoms with E-state index in [-0.39, 0.29) is 6.10 Å². The van der Waals surface area contributed by atoms with Gasteiger partial charge in [0.15, 0.2) is 0 Å². The molecule has 0 saturated carbocycles. The number of thiazole rings is 1. The van der Waals surface area contributed by atoms with Gasteiger partial charge in [0.05, 0.1) is 11.1 Å². The van der Waals surface area contributed by atoms with Crippen LogP contribution in [0.3, 0.4) is 0 Å². The lowest BCUT2D eigenvalue weighted by molar-refractivity contribution is 0.125. The van der Waals surface area contributed by atoms with Crippen LogP contribution in [-0.2, 0) is 6.42 Å². The van der Waals surface area contributed by atoms with Crippen LogP contribution in [0.4, 0.5) is 0 Å². The van der Waals surface area contributed by atoms with Gasteiger partial charge in [0, 0.05) is 18.0 Å². The second kappa shape index (κ2) is 3.83. The Morgan fingerprint density at radius 2 is 2.36 bits per heavy atom. The van der Waals surface area contributed by atoms with Crippen molar-refractivity contribution < 1.29 is 5.11 Å². The normalized spacial score (nSPS) is 13.8. The van der Waals surface area contributed by atoms with Crippen molar-refractivity contribution in [1.82, 2.24) is 4.98 Å². The van der Waals surface area contributed by atoms with Crippen LogP contribution in [0.1, 0.15) is 18.9 Å². The monoisotopic (exact) mass is 171 g/mol. The minimum atomic E-state index is -0.249. The maximum absolute atomic E-state index is 9.46. The highest BCUT2D eigenvalue weighted by atomic mass is 32.1. The third-order valence-corrected chi connectivity index (χ3v) is 2.44. The molecule has 0 bridgehead atoms. The summed E-state index contributed by atoms with van der Waals surface area (Å²) in [4.78, 5) is 4.10. The Kier molecular flexibility index (Phi) is 3.02. The van der Waals surface area contributed by atoms with E-state index in [4.69, 9.17) is 0 Å². The third-order valence-electron chi connectivity index (χ3n) is 1.64. The standard InChI is InChI=1S/C8H13NOS/c1-6(2)7(10)5-8-9-3-4-11-8/h3-4,6-7,10H,5H2,1-2H3. The predicted octanol–water partition coefficient (Wildman–Crippen LogP) is 1.70. The fraction of sp³-hybridized carbons (Fsp3) is 0.625. The van der Waals surface area contributed by atoms with Crippen molar-refractivity contribution >= 4 is 11.3 Å². The van der Waals surface area contributed by atoms with Gasteiger partial charge in [-0.15, -0.1) is 11.3 Å². The Labute approximate surface area is 70.9 Å². The van der Waals surface area contributed by atoms with Crippen LogP contribution < -0.4 is 0 Å². The SMILES string of the molecule is CC(C)C(O)Cc1nccs1. The van der Waals surface area contributed by atoms with Crippen molar-refractivity contribution in [3.63, 3.8) is 0 Å². The summed E-state index contributed by atoms with van der Waals surface area (Å²) in [5, 5.41) is 12.4. The summed E-state index contributed by atoms with van der Waals surface area (Å²) < 4.78 is 0. The van der Waals surface area contributed by atoms with Crippen molar-refractivity contribution in [2.24, 2.45) is 5.92 Å². The van der Waals surface area contributed by atoms with E-state index in [9.17, 15) is 5.11 Å². The van der Waals surface area contributed by atoms with E-state index in [1.807, 2.05) is 19.2 Å². The first-order chi connectivity index (χ1) is 5.20. The molecule has 1 rings (SSSR count). The largest absolute Gasteiger partial charge is 0.392 e. The van der Waals surface area contributed by atoms with E-state index in [2.05, 4.69) is 4.98 Å². The molecule has 0 amide bonds. The van der Waals surface area contributed by atoms with Crippen molar-refractivity contribution in [1.29, 1.82) is 0 Å². The van der Waals surface area contributed by atoms with Gasteiger partial charge in [0.1, 0.15) is 0 Å². The Bertz CT molecular complexity index is 196. The number of hydrogen-bond acceptors (Lipinski definition) is 3. The van der Waals surface area contributed by atoms with Crippen molar-refractivity contribution in [3.05, 3.63) is 16.6 Å². The van der Waals surface area contributed by atoms with Crippen LogP contribution in [-0.4, -0.2) is 16.2 Å². The molecule has 1 N–H and O–H groups in total. The van der Waals surface area contributed by atoms with Gasteiger partial charge in [-0.25, -0.2) is 4.98 Å². The molecule has 1 aromatic rings. The molecular formula is C8H13NOS. The van der Waals surface area contributed by atoms with Crippen LogP contribution in [0.2, 0.25) is 0 Å². The number of hydrogen-bond donors (Lipinski definition) is 1. The summed E-state index contributed by atoms with van der Waals surface area (Å²) in [5.74, 6) is 0.318. The predicted molar refractivity (Wildman–Crippen MR) is 46.7 cm³/mol. The summed E-state index contributed by atoms with van der Waals surface area (Å²) >= 11 is 1.60. The van der Waals surface area contributed by atoms with E-state index in [0.717, 1.165) is 5.01 Å². The molecule has 1 atom stereocenters. The number of nitrogens with zero attached hydrogens (tertiary/aromatic N) is 1. The van der Waals surface area contributed by atoms with Gasteiger partial charge < -0.3 is 5.11 Å². The molecule has 0 fully saturated rings. The maximum Gasteiger partial charge on any atom is 0.0950 e. The van der Waals surface area contributed by atoms with Gasteiger partial charge in [-0.1, -0.05) is 13.8 Å². The average Bonchev–Trinajstić information content (AvgIpc) is 2.39. The fourth-order valence-corrected chi connectivity index (χ4v) is 1.44. The van der Waals surface area contributed by atoms with E-state index in [1.54, 1.807) is 17.5 Å². The molecule has 0 radical (unpaired) electrons. The number of aromatic nitrogens is 1. The molecule has 0 aliphatic rings. The number of aliphatic hydroxyl groups excluding tert-OH is 1. The van der Waals surface area contributed by atoms with Gasteiger partial charge in [0.25, 0.3) is 0 Å². The summed E-state index contributed by atoms with van der Waals surface area (Å²) in [5.41, 5.74) is 0. The van der Waals surface area contributed by atoms with Gasteiger partial charge in [-0.2, -0.15) is 0 Å². The molecule has 1 unspecified atom stereocenters. The lowest BCUT2D eigenvalue weighted by atomic mass is 10.1. The highest BCUT2D eigenvalue weighted by Crippen LogP contribution is 2.11. The molecule has 0 saturated heterocycles. The molecule has 0 aromatic carbocycles. The zero-order valence-corrected chi connectivity index (χ0v) is 7.64. The molecule has 0 aliphatic heterocycles. The summed E-state index contributed by atoms with van der Waals surface area (Å²) in [6.45, 7) is 4.02. The van der Waals surface area contributed by atoms with Gasteiger partial charge in [-0.3, -0.25) is 0 Å². The molecule has 62 valence electrons. The van der Waals surface area contributed by atoms with E-state index in [0.29, 0.717) is 12.3 Å². The molecule has 1 heterocycles. The van der Waals surface area contributed by atoms with Gasteiger partial charge in [0.2, 0.25) is 0 Å². The quantitative estimate of drug-likeness (QED) is 0.751. The second-order valence-corrected chi connectivity index (χ2v) is 3.92. The summed E-state index contributed by atoms with van der Waals surface area (Å²) in [6, 6.07) is 0. The lowest BCUT2D eigenvalue weighted by Gasteiger charge is -2.11. The Morgan fingerprint density at radius 3 is 2.82 bits per heavy atom. The average molecular weight is 171 g/mol. The van der Waals surface area contributed by atoms with Gasteiger partial charge in [-0.05, 0) is 5.92 Å². The topological polar surface area (TPSA) is 33.1 Å². The molecular weight excluding hydrogens is 158 g/mol. The van der Waals surface area contributed by atoms with E-state index >= 15 is 0 Å². The highest BCUT2D eigenvalue weighted by molar-refractivity contribution is 7.09. The van der Waals surface area contributed by atoms with E-state index < -0.39 is 0 Å². The summed E-state index contributed by atoms with van der Waals surface area (Å²) in [6.07, 6.45) is 2.21. The number of rotatable bonds is 3. The van der Waals surface area contributed by atoms with Crippen molar-refractivity contribution in [3.8, 4) is 0 Å².